The molecule has 0 saturated carbocycles. The first-order chi connectivity index (χ1) is 14.2. The normalized spacial score (nSPS) is 10.5. The van der Waals surface area contributed by atoms with E-state index in [0.717, 1.165) is 22.0 Å². The number of nitrogens with one attached hydrogen (secondary N) is 2. The molecule has 7 heteroatoms. The van der Waals surface area contributed by atoms with Crippen molar-refractivity contribution < 1.29 is 0 Å². The zero-order chi connectivity index (χ0) is 19.9. The third-order valence-electron chi connectivity index (χ3n) is 3.93. The van der Waals surface area contributed by atoms with E-state index >= 15 is 0 Å². The molecule has 5 nitrogen and oxygen atoms in total. The fourth-order valence-corrected chi connectivity index (χ4v) is 3.60. The van der Waals surface area contributed by atoms with Crippen molar-refractivity contribution in [3.63, 3.8) is 0 Å². The molecule has 3 aromatic carbocycles. The molecule has 0 aliphatic rings. The van der Waals surface area contributed by atoms with Crippen molar-refractivity contribution in [2.24, 2.45) is 0 Å². The molecule has 0 atom stereocenters. The van der Waals surface area contributed by atoms with Crippen molar-refractivity contribution in [3.05, 3.63) is 95.5 Å². The second-order valence-electron chi connectivity index (χ2n) is 6.17. The van der Waals surface area contributed by atoms with E-state index in [1.165, 1.54) is 11.8 Å². The number of anilines is 4. The summed E-state index contributed by atoms with van der Waals surface area (Å²) in [6.45, 7) is 0. The molecule has 0 unspecified atom stereocenters. The van der Waals surface area contributed by atoms with Crippen LogP contribution in [0.5, 0.6) is 0 Å². The Bertz CT molecular complexity index is 1020. The van der Waals surface area contributed by atoms with Crippen LogP contribution in [0.2, 0.25) is 5.02 Å². The van der Waals surface area contributed by atoms with Gasteiger partial charge in [-0.2, -0.15) is 15.0 Å². The number of hydrogen-bond acceptors (Lipinski definition) is 6. The van der Waals surface area contributed by atoms with Gasteiger partial charge in [-0.3, -0.25) is 0 Å². The minimum Gasteiger partial charge on any atom is -0.324 e. The van der Waals surface area contributed by atoms with Crippen LogP contribution in [0.4, 0.5) is 23.3 Å². The third-order valence-corrected chi connectivity index (χ3v) is 5.09. The highest BCUT2D eigenvalue weighted by atomic mass is 35.5. The van der Waals surface area contributed by atoms with Crippen LogP contribution in [0, 0.1) is 0 Å². The molecular formula is C22H18ClN5S. The summed E-state index contributed by atoms with van der Waals surface area (Å²) in [7, 11) is 0. The Morgan fingerprint density at radius 2 is 1.28 bits per heavy atom. The molecule has 2 N–H and O–H groups in total. The van der Waals surface area contributed by atoms with Crippen LogP contribution in [-0.2, 0) is 5.75 Å². The number of hydrogen-bond donors (Lipinski definition) is 2. The van der Waals surface area contributed by atoms with E-state index in [0.29, 0.717) is 22.8 Å². The zero-order valence-corrected chi connectivity index (χ0v) is 17.0. The molecule has 0 amide bonds. The Balaban J connectivity index is 1.58. The number of nitrogens with zero attached hydrogens (tertiary/aromatic N) is 3. The average Bonchev–Trinajstić information content (AvgIpc) is 2.74. The topological polar surface area (TPSA) is 62.7 Å². The number of para-hydroxylation sites is 2. The van der Waals surface area contributed by atoms with Gasteiger partial charge in [0, 0.05) is 22.2 Å². The van der Waals surface area contributed by atoms with Gasteiger partial charge < -0.3 is 10.6 Å². The van der Waals surface area contributed by atoms with Crippen molar-refractivity contribution in [1.29, 1.82) is 0 Å². The number of benzene rings is 3. The van der Waals surface area contributed by atoms with E-state index in [-0.39, 0.29) is 0 Å². The largest absolute Gasteiger partial charge is 0.324 e. The molecule has 4 aromatic rings. The maximum absolute atomic E-state index is 6.09. The molecule has 0 aliphatic carbocycles. The summed E-state index contributed by atoms with van der Waals surface area (Å²) in [4.78, 5) is 13.6. The van der Waals surface area contributed by atoms with Crippen molar-refractivity contribution in [1.82, 2.24) is 15.0 Å². The minimum absolute atomic E-state index is 0.484. The molecule has 0 radical (unpaired) electrons. The van der Waals surface area contributed by atoms with Crippen LogP contribution in [0.15, 0.2) is 90.1 Å². The summed E-state index contributed by atoms with van der Waals surface area (Å²) in [5, 5.41) is 7.82. The van der Waals surface area contributed by atoms with Gasteiger partial charge in [-0.1, -0.05) is 71.9 Å². The Hall–Kier alpha value is -3.09. The Morgan fingerprint density at radius 3 is 1.83 bits per heavy atom. The standard InChI is InChI=1S/C22H18ClN5S/c23-17-9-7-8-16(14-17)15-29-22-27-20(24-18-10-3-1-4-11-18)26-21(28-22)25-19-12-5-2-6-13-19/h1-14H,15H2,(H2,24,25,26,27,28). The first-order valence-electron chi connectivity index (χ1n) is 9.02. The van der Waals surface area contributed by atoms with E-state index < -0.39 is 0 Å². The van der Waals surface area contributed by atoms with Crippen LogP contribution in [-0.4, -0.2) is 15.0 Å². The summed E-state index contributed by atoms with van der Waals surface area (Å²) in [6, 6.07) is 27.4. The number of thioether (sulfide) groups is 1. The molecule has 0 bridgehead atoms. The summed E-state index contributed by atoms with van der Waals surface area (Å²) in [5.74, 6) is 1.68. The minimum atomic E-state index is 0.484. The molecule has 144 valence electrons. The first-order valence-corrected chi connectivity index (χ1v) is 10.4. The van der Waals surface area contributed by atoms with Crippen molar-refractivity contribution in [2.45, 2.75) is 10.9 Å². The van der Waals surface area contributed by atoms with E-state index in [9.17, 15) is 0 Å². The van der Waals surface area contributed by atoms with Crippen LogP contribution >= 0.6 is 23.4 Å². The lowest BCUT2D eigenvalue weighted by Gasteiger charge is -2.10. The first kappa shape index (κ1) is 19.2. The Morgan fingerprint density at radius 1 is 0.690 bits per heavy atom. The van der Waals surface area contributed by atoms with Gasteiger partial charge in [-0.25, -0.2) is 0 Å². The lowest BCUT2D eigenvalue weighted by atomic mass is 10.2. The van der Waals surface area contributed by atoms with Crippen LogP contribution in [0.3, 0.4) is 0 Å². The summed E-state index contributed by atoms with van der Waals surface area (Å²) >= 11 is 7.62. The third kappa shape index (κ3) is 5.70. The van der Waals surface area contributed by atoms with E-state index in [2.05, 4.69) is 25.6 Å². The fourth-order valence-electron chi connectivity index (χ4n) is 2.61. The molecule has 1 aromatic heterocycles. The molecule has 1 heterocycles. The molecule has 0 fully saturated rings. The summed E-state index contributed by atoms with van der Waals surface area (Å²) in [5.41, 5.74) is 2.93. The molecule has 0 saturated heterocycles. The summed E-state index contributed by atoms with van der Waals surface area (Å²) in [6.07, 6.45) is 0. The van der Waals surface area contributed by atoms with E-state index in [4.69, 9.17) is 11.6 Å². The molecule has 29 heavy (non-hydrogen) atoms. The molecule has 0 spiro atoms. The lowest BCUT2D eigenvalue weighted by molar-refractivity contribution is 0.920. The van der Waals surface area contributed by atoms with Gasteiger partial charge in [-0.15, -0.1) is 0 Å². The summed E-state index contributed by atoms with van der Waals surface area (Å²) < 4.78 is 0. The quantitative estimate of drug-likeness (QED) is 0.342. The Kier molecular flexibility index (Phi) is 6.24. The van der Waals surface area contributed by atoms with Gasteiger partial charge in [0.2, 0.25) is 11.9 Å². The second-order valence-corrected chi connectivity index (χ2v) is 7.54. The van der Waals surface area contributed by atoms with Gasteiger partial charge in [0.1, 0.15) is 0 Å². The van der Waals surface area contributed by atoms with Gasteiger partial charge in [0.05, 0.1) is 0 Å². The smallest absolute Gasteiger partial charge is 0.233 e. The van der Waals surface area contributed by atoms with Crippen molar-refractivity contribution >= 4 is 46.6 Å². The number of aromatic nitrogens is 3. The maximum Gasteiger partial charge on any atom is 0.233 e. The number of halogens is 1. The molecule has 0 aliphatic heterocycles. The van der Waals surface area contributed by atoms with Crippen molar-refractivity contribution in [2.75, 3.05) is 10.6 Å². The fraction of sp³-hybridized carbons (Fsp3) is 0.0455. The predicted molar refractivity (Wildman–Crippen MR) is 120 cm³/mol. The van der Waals surface area contributed by atoms with Gasteiger partial charge >= 0.3 is 0 Å². The Labute approximate surface area is 178 Å². The van der Waals surface area contributed by atoms with E-state index in [1.807, 2.05) is 84.9 Å². The highest BCUT2D eigenvalue weighted by molar-refractivity contribution is 7.98. The zero-order valence-electron chi connectivity index (χ0n) is 15.4. The van der Waals surface area contributed by atoms with Crippen LogP contribution in [0.1, 0.15) is 5.56 Å². The molecular weight excluding hydrogens is 402 g/mol. The van der Waals surface area contributed by atoms with Crippen LogP contribution < -0.4 is 10.6 Å². The van der Waals surface area contributed by atoms with Gasteiger partial charge in [-0.05, 0) is 42.0 Å². The predicted octanol–water partition coefficient (Wildman–Crippen LogP) is 6.30. The monoisotopic (exact) mass is 419 g/mol. The average molecular weight is 420 g/mol. The highest BCUT2D eigenvalue weighted by Gasteiger charge is 2.09. The van der Waals surface area contributed by atoms with E-state index in [1.54, 1.807) is 0 Å². The van der Waals surface area contributed by atoms with Gasteiger partial charge in [0.15, 0.2) is 5.16 Å². The van der Waals surface area contributed by atoms with Crippen LogP contribution in [0.25, 0.3) is 0 Å². The SMILES string of the molecule is Clc1cccc(CSc2nc(Nc3ccccc3)nc(Nc3ccccc3)n2)c1. The van der Waals surface area contributed by atoms with Crippen molar-refractivity contribution in [3.8, 4) is 0 Å². The molecule has 4 rings (SSSR count). The highest BCUT2D eigenvalue weighted by Crippen LogP contribution is 2.25. The second kappa shape index (κ2) is 9.41. The lowest BCUT2D eigenvalue weighted by Crippen LogP contribution is -2.05. The van der Waals surface area contributed by atoms with Gasteiger partial charge in [0.25, 0.3) is 0 Å². The number of rotatable bonds is 7. The maximum atomic E-state index is 6.09.